The fourth-order valence-electron chi connectivity index (χ4n) is 5.42. The van der Waals surface area contributed by atoms with Crippen LogP contribution >= 0.6 is 0 Å². The van der Waals surface area contributed by atoms with E-state index in [2.05, 4.69) is 17.0 Å². The normalized spacial score (nSPS) is 17.7. The van der Waals surface area contributed by atoms with Crippen LogP contribution in [0.25, 0.3) is 0 Å². The van der Waals surface area contributed by atoms with E-state index in [9.17, 15) is 9.59 Å². The summed E-state index contributed by atoms with van der Waals surface area (Å²) in [5.74, 6) is 2.04. The van der Waals surface area contributed by atoms with Gasteiger partial charge >= 0.3 is 6.03 Å². The molecule has 1 spiro atoms. The van der Waals surface area contributed by atoms with E-state index in [1.807, 2.05) is 42.2 Å². The first kappa shape index (κ1) is 25.8. The molecule has 2 fully saturated rings. The molecule has 2 aliphatic heterocycles. The Hall–Kier alpha value is -3.26. The number of imide groups is 1. The van der Waals surface area contributed by atoms with E-state index in [1.54, 1.807) is 21.3 Å². The smallest absolute Gasteiger partial charge is 0.327 e. The summed E-state index contributed by atoms with van der Waals surface area (Å²) in [7, 11) is 4.89. The van der Waals surface area contributed by atoms with Crippen LogP contribution in [0.1, 0.15) is 37.3 Å². The number of nitrogens with zero attached hydrogens (tertiary/aromatic N) is 3. The average molecular weight is 496 g/mol. The van der Waals surface area contributed by atoms with Crippen molar-refractivity contribution in [3.63, 3.8) is 0 Å². The number of ether oxygens (including phenoxy) is 3. The molecule has 0 atom stereocenters. The number of rotatable bonds is 10. The van der Waals surface area contributed by atoms with E-state index in [4.69, 9.17) is 14.2 Å². The zero-order valence-corrected chi connectivity index (χ0v) is 21.8. The Kier molecular flexibility index (Phi) is 8.04. The third-order valence-electron chi connectivity index (χ3n) is 7.42. The topological polar surface area (TPSA) is 71.6 Å². The Morgan fingerprint density at radius 3 is 2.08 bits per heavy atom. The van der Waals surface area contributed by atoms with Crippen molar-refractivity contribution in [3.05, 3.63) is 53.6 Å². The molecule has 0 radical (unpaired) electrons. The third-order valence-corrected chi connectivity index (χ3v) is 7.42. The largest absolute Gasteiger partial charge is 0.496 e. The molecule has 2 saturated heterocycles. The summed E-state index contributed by atoms with van der Waals surface area (Å²) in [4.78, 5) is 32.6. The minimum Gasteiger partial charge on any atom is -0.496 e. The highest BCUT2D eigenvalue weighted by Crippen LogP contribution is 2.40. The summed E-state index contributed by atoms with van der Waals surface area (Å²) in [5, 5.41) is 0. The maximum Gasteiger partial charge on any atom is 0.327 e. The second-order valence-corrected chi connectivity index (χ2v) is 9.44. The van der Waals surface area contributed by atoms with Crippen LogP contribution in [0.2, 0.25) is 0 Å². The van der Waals surface area contributed by atoms with Gasteiger partial charge in [-0.1, -0.05) is 37.3 Å². The molecule has 4 rings (SSSR count). The molecular formula is C28H37N3O5. The predicted molar refractivity (Wildman–Crippen MR) is 138 cm³/mol. The number of hydrogen-bond acceptors (Lipinski definition) is 6. The summed E-state index contributed by atoms with van der Waals surface area (Å²) in [6.45, 7) is 5.01. The molecule has 0 aromatic heterocycles. The average Bonchev–Trinajstić information content (AvgIpc) is 3.10. The molecule has 0 saturated carbocycles. The second-order valence-electron chi connectivity index (χ2n) is 9.44. The van der Waals surface area contributed by atoms with Gasteiger partial charge in [0.2, 0.25) is 0 Å². The van der Waals surface area contributed by atoms with Crippen molar-refractivity contribution in [1.82, 2.24) is 14.7 Å². The first-order chi connectivity index (χ1) is 17.5. The van der Waals surface area contributed by atoms with Crippen LogP contribution in [-0.2, 0) is 17.8 Å². The summed E-state index contributed by atoms with van der Waals surface area (Å²) in [5.41, 5.74) is 1.34. The lowest BCUT2D eigenvalue weighted by Crippen LogP contribution is -2.56. The van der Waals surface area contributed by atoms with E-state index in [1.165, 1.54) is 4.90 Å². The molecule has 8 nitrogen and oxygen atoms in total. The fraction of sp³-hybridized carbons (Fsp3) is 0.500. The Balaban J connectivity index is 1.52. The van der Waals surface area contributed by atoms with Crippen molar-refractivity contribution in [2.45, 2.75) is 44.7 Å². The maximum atomic E-state index is 13.6. The molecule has 2 aromatic rings. The van der Waals surface area contributed by atoms with Gasteiger partial charge in [0, 0.05) is 44.9 Å². The molecule has 0 unspecified atom stereocenters. The Morgan fingerprint density at radius 1 is 0.889 bits per heavy atom. The van der Waals surface area contributed by atoms with Gasteiger partial charge < -0.3 is 19.1 Å². The third kappa shape index (κ3) is 4.87. The lowest BCUT2D eigenvalue weighted by atomic mass is 9.85. The minimum absolute atomic E-state index is 0.0401. The van der Waals surface area contributed by atoms with Crippen LogP contribution in [0.15, 0.2) is 42.5 Å². The van der Waals surface area contributed by atoms with Gasteiger partial charge in [-0.05, 0) is 31.2 Å². The minimum atomic E-state index is -0.772. The lowest BCUT2D eigenvalue weighted by molar-refractivity contribution is -0.135. The number of urea groups is 1. The first-order valence-corrected chi connectivity index (χ1v) is 12.7. The number of carbonyl (C=O) groups excluding carboxylic acids is 2. The zero-order chi connectivity index (χ0) is 25.7. The SMILES string of the molecule is CCCN1C(=O)N(CCc2ccccc2)C2(CCN(Cc3c(OC)cc(OC)cc3OC)CC2)C1=O. The number of carbonyl (C=O) groups is 2. The molecule has 8 heteroatoms. The van der Waals surface area contributed by atoms with Gasteiger partial charge in [-0.2, -0.15) is 0 Å². The van der Waals surface area contributed by atoms with Crippen molar-refractivity contribution in [2.24, 2.45) is 0 Å². The van der Waals surface area contributed by atoms with E-state index in [-0.39, 0.29) is 11.9 Å². The zero-order valence-electron chi connectivity index (χ0n) is 21.8. The van der Waals surface area contributed by atoms with Gasteiger partial charge in [0.25, 0.3) is 5.91 Å². The maximum absolute atomic E-state index is 13.6. The molecule has 2 aromatic carbocycles. The van der Waals surface area contributed by atoms with Crippen LogP contribution in [0.3, 0.4) is 0 Å². The van der Waals surface area contributed by atoms with Gasteiger partial charge in [-0.15, -0.1) is 0 Å². The van der Waals surface area contributed by atoms with Crippen molar-refractivity contribution in [2.75, 3.05) is 47.5 Å². The lowest BCUT2D eigenvalue weighted by Gasteiger charge is -2.42. The van der Waals surface area contributed by atoms with Crippen LogP contribution in [0, 0.1) is 0 Å². The van der Waals surface area contributed by atoms with Crippen molar-refractivity contribution in [1.29, 1.82) is 0 Å². The van der Waals surface area contributed by atoms with Crippen LogP contribution in [-0.4, -0.2) is 79.7 Å². The molecule has 0 bridgehead atoms. The summed E-state index contributed by atoms with van der Waals surface area (Å²) in [6, 6.07) is 13.7. The highest BCUT2D eigenvalue weighted by Gasteiger charge is 2.57. The predicted octanol–water partition coefficient (Wildman–Crippen LogP) is 3.96. The first-order valence-electron chi connectivity index (χ1n) is 12.7. The quantitative estimate of drug-likeness (QED) is 0.465. The highest BCUT2D eigenvalue weighted by atomic mass is 16.5. The molecule has 2 heterocycles. The van der Waals surface area contributed by atoms with Crippen LogP contribution in [0.5, 0.6) is 17.2 Å². The van der Waals surface area contributed by atoms with Crippen LogP contribution in [0.4, 0.5) is 4.79 Å². The summed E-state index contributed by atoms with van der Waals surface area (Å²) < 4.78 is 16.6. The van der Waals surface area contributed by atoms with Gasteiger partial charge in [0.1, 0.15) is 22.8 Å². The molecule has 0 aliphatic carbocycles. The van der Waals surface area contributed by atoms with Crippen molar-refractivity contribution in [3.8, 4) is 17.2 Å². The van der Waals surface area contributed by atoms with Gasteiger partial charge in [-0.3, -0.25) is 14.6 Å². The van der Waals surface area contributed by atoms with Gasteiger partial charge in [-0.25, -0.2) is 4.79 Å². The van der Waals surface area contributed by atoms with E-state index >= 15 is 0 Å². The standard InChI is InChI=1S/C28H37N3O5/c1-5-14-30-26(32)28(31(27(30)33)15-11-21-9-7-6-8-10-21)12-16-29(17-13-28)20-23-24(35-3)18-22(34-2)19-25(23)36-4/h6-10,18-19H,5,11-17,20H2,1-4H3. The van der Waals surface area contributed by atoms with E-state index in [0.29, 0.717) is 62.8 Å². The Labute approximate surface area is 213 Å². The molecule has 0 N–H and O–H groups in total. The van der Waals surface area contributed by atoms with Crippen molar-refractivity contribution >= 4 is 11.9 Å². The van der Waals surface area contributed by atoms with Gasteiger partial charge in [0.05, 0.1) is 26.9 Å². The Bertz CT molecular complexity index is 1040. The fourth-order valence-corrected chi connectivity index (χ4v) is 5.42. The number of methoxy groups -OCH3 is 3. The number of piperidine rings is 1. The molecule has 36 heavy (non-hydrogen) atoms. The number of amides is 3. The van der Waals surface area contributed by atoms with E-state index < -0.39 is 5.54 Å². The van der Waals surface area contributed by atoms with Crippen molar-refractivity contribution < 1.29 is 23.8 Å². The molecular weight excluding hydrogens is 458 g/mol. The molecule has 2 aliphatic rings. The summed E-state index contributed by atoms with van der Waals surface area (Å²) >= 11 is 0. The number of benzene rings is 2. The molecule has 3 amide bonds. The summed E-state index contributed by atoms with van der Waals surface area (Å²) in [6.07, 6.45) is 2.69. The van der Waals surface area contributed by atoms with Crippen LogP contribution < -0.4 is 14.2 Å². The number of likely N-dealkylation sites (tertiary alicyclic amines) is 1. The van der Waals surface area contributed by atoms with E-state index in [0.717, 1.165) is 24.0 Å². The van der Waals surface area contributed by atoms with Gasteiger partial charge in [0.15, 0.2) is 0 Å². The monoisotopic (exact) mass is 495 g/mol. The Morgan fingerprint density at radius 2 is 1.53 bits per heavy atom. The second kappa shape index (κ2) is 11.2. The molecule has 194 valence electrons. The number of hydrogen-bond donors (Lipinski definition) is 0. The highest BCUT2D eigenvalue weighted by molar-refractivity contribution is 6.07.